The van der Waals surface area contributed by atoms with E-state index in [1.165, 1.54) is 7.05 Å². The molecule has 0 aliphatic rings. The van der Waals surface area contributed by atoms with Crippen molar-refractivity contribution in [3.05, 3.63) is 24.3 Å². The number of halogens is 3. The van der Waals surface area contributed by atoms with Crippen molar-refractivity contribution in [3.8, 4) is 5.75 Å². The maximum atomic E-state index is 12.0. The number of ether oxygens (including phenoxy) is 1. The Hall–Kier alpha value is -1.92. The molecule has 0 aliphatic carbocycles. The molecule has 0 atom stereocenters. The average Bonchev–Trinajstić information content (AvgIpc) is 2.37. The summed E-state index contributed by atoms with van der Waals surface area (Å²) in [6.45, 7) is -0.279. The van der Waals surface area contributed by atoms with Gasteiger partial charge in [0.1, 0.15) is 5.75 Å². The van der Waals surface area contributed by atoms with Gasteiger partial charge in [-0.1, -0.05) is 12.1 Å². The lowest BCUT2D eigenvalue weighted by Crippen LogP contribution is -2.31. The van der Waals surface area contributed by atoms with Gasteiger partial charge in [-0.3, -0.25) is 4.79 Å². The molecule has 0 saturated heterocycles. The van der Waals surface area contributed by atoms with E-state index in [1.807, 2.05) is 0 Å². The standard InChI is InChI=1S/C13H17F3N2O2/c1-18(8-7-13(14,15)16)12(19)6-9-20-11-5-3-2-4-10(11)17/h2-5H,6-9,17H2,1H3. The Labute approximate surface area is 115 Å². The molecule has 0 fully saturated rings. The van der Waals surface area contributed by atoms with Crippen LogP contribution in [0.3, 0.4) is 0 Å². The van der Waals surface area contributed by atoms with Crippen LogP contribution in [0, 0.1) is 0 Å². The van der Waals surface area contributed by atoms with Crippen LogP contribution in [-0.4, -0.2) is 37.2 Å². The van der Waals surface area contributed by atoms with Gasteiger partial charge in [0.05, 0.1) is 25.1 Å². The van der Waals surface area contributed by atoms with Crippen LogP contribution < -0.4 is 10.5 Å². The fraction of sp³-hybridized carbons (Fsp3) is 0.462. The molecule has 1 amide bonds. The van der Waals surface area contributed by atoms with Crippen LogP contribution in [0.1, 0.15) is 12.8 Å². The first-order valence-corrected chi connectivity index (χ1v) is 6.07. The minimum absolute atomic E-state index is 0.00267. The number of nitrogens with two attached hydrogens (primary N) is 1. The maximum absolute atomic E-state index is 12.0. The predicted octanol–water partition coefficient (Wildman–Crippen LogP) is 2.45. The van der Waals surface area contributed by atoms with Crippen molar-refractivity contribution < 1.29 is 22.7 Å². The second-order valence-electron chi connectivity index (χ2n) is 4.32. The largest absolute Gasteiger partial charge is 0.491 e. The molecule has 0 heterocycles. The van der Waals surface area contributed by atoms with Crippen molar-refractivity contribution in [1.82, 2.24) is 4.90 Å². The number of hydrogen-bond donors (Lipinski definition) is 1. The Bertz CT molecular complexity index is 449. The summed E-state index contributed by atoms with van der Waals surface area (Å²) in [7, 11) is 1.34. The summed E-state index contributed by atoms with van der Waals surface area (Å²) in [6, 6.07) is 6.81. The van der Waals surface area contributed by atoms with Gasteiger partial charge in [-0.25, -0.2) is 0 Å². The number of carbonyl (C=O) groups excluding carboxylic acids is 1. The number of nitrogen functional groups attached to an aromatic ring is 1. The van der Waals surface area contributed by atoms with E-state index in [4.69, 9.17) is 10.5 Å². The normalized spacial score (nSPS) is 11.2. The van der Waals surface area contributed by atoms with Crippen molar-refractivity contribution in [3.63, 3.8) is 0 Å². The first-order chi connectivity index (χ1) is 9.29. The molecule has 0 saturated carbocycles. The summed E-state index contributed by atoms with van der Waals surface area (Å²) >= 11 is 0. The second-order valence-corrected chi connectivity index (χ2v) is 4.32. The van der Waals surface area contributed by atoms with E-state index >= 15 is 0 Å². The number of rotatable bonds is 6. The van der Waals surface area contributed by atoms with E-state index in [2.05, 4.69) is 0 Å². The Morgan fingerprint density at radius 2 is 2.00 bits per heavy atom. The summed E-state index contributed by atoms with van der Waals surface area (Å²) in [6.07, 6.45) is -5.27. The summed E-state index contributed by atoms with van der Waals surface area (Å²) in [5.74, 6) is 0.0574. The minimum Gasteiger partial charge on any atom is -0.491 e. The van der Waals surface area contributed by atoms with Crippen LogP contribution in [0.5, 0.6) is 5.75 Å². The zero-order valence-electron chi connectivity index (χ0n) is 11.1. The first-order valence-electron chi connectivity index (χ1n) is 6.07. The molecule has 112 valence electrons. The molecule has 20 heavy (non-hydrogen) atoms. The molecule has 0 unspecified atom stereocenters. The number of carbonyl (C=O) groups is 1. The molecule has 0 aromatic heterocycles. The quantitative estimate of drug-likeness (QED) is 0.819. The van der Waals surface area contributed by atoms with E-state index in [9.17, 15) is 18.0 Å². The van der Waals surface area contributed by atoms with Gasteiger partial charge in [-0.15, -0.1) is 0 Å². The third kappa shape index (κ3) is 5.81. The lowest BCUT2D eigenvalue weighted by Gasteiger charge is -2.18. The lowest BCUT2D eigenvalue weighted by molar-refractivity contribution is -0.144. The highest BCUT2D eigenvalue weighted by Gasteiger charge is 2.27. The van der Waals surface area contributed by atoms with Crippen molar-refractivity contribution in [2.45, 2.75) is 19.0 Å². The van der Waals surface area contributed by atoms with Gasteiger partial charge in [-0.05, 0) is 12.1 Å². The fourth-order valence-electron chi connectivity index (χ4n) is 1.47. The molecular formula is C13H17F3N2O2. The van der Waals surface area contributed by atoms with Gasteiger partial charge in [-0.2, -0.15) is 13.2 Å². The topological polar surface area (TPSA) is 55.6 Å². The number of alkyl halides is 3. The molecule has 2 N–H and O–H groups in total. The van der Waals surface area contributed by atoms with Crippen LogP contribution in [0.25, 0.3) is 0 Å². The van der Waals surface area contributed by atoms with E-state index in [1.54, 1.807) is 24.3 Å². The van der Waals surface area contributed by atoms with Crippen LogP contribution in [-0.2, 0) is 4.79 Å². The Balaban J connectivity index is 2.31. The smallest absolute Gasteiger partial charge is 0.390 e. The molecule has 1 aromatic carbocycles. The highest BCUT2D eigenvalue weighted by atomic mass is 19.4. The zero-order valence-corrected chi connectivity index (χ0v) is 11.1. The number of hydrogen-bond acceptors (Lipinski definition) is 3. The summed E-state index contributed by atoms with van der Waals surface area (Å²) < 4.78 is 41.4. The zero-order chi connectivity index (χ0) is 15.2. The van der Waals surface area contributed by atoms with Crippen LogP contribution >= 0.6 is 0 Å². The average molecular weight is 290 g/mol. The third-order valence-electron chi connectivity index (χ3n) is 2.65. The van der Waals surface area contributed by atoms with Crippen molar-refractivity contribution in [2.75, 3.05) is 25.9 Å². The Kier molecular flexibility index (Phi) is 5.66. The molecule has 1 aromatic rings. The molecule has 0 spiro atoms. The van der Waals surface area contributed by atoms with Crippen molar-refractivity contribution >= 4 is 11.6 Å². The molecule has 4 nitrogen and oxygen atoms in total. The predicted molar refractivity (Wildman–Crippen MR) is 69.3 cm³/mol. The van der Waals surface area contributed by atoms with Crippen molar-refractivity contribution in [1.29, 1.82) is 0 Å². The highest BCUT2D eigenvalue weighted by Crippen LogP contribution is 2.20. The van der Waals surface area contributed by atoms with E-state index < -0.39 is 18.5 Å². The van der Waals surface area contributed by atoms with E-state index in [0.717, 1.165) is 4.90 Å². The lowest BCUT2D eigenvalue weighted by atomic mass is 10.3. The summed E-state index contributed by atoms with van der Waals surface area (Å²) in [4.78, 5) is 12.6. The number of nitrogens with zero attached hydrogens (tertiary/aromatic N) is 1. The molecule has 0 radical (unpaired) electrons. The van der Waals surface area contributed by atoms with Gasteiger partial charge >= 0.3 is 6.18 Å². The van der Waals surface area contributed by atoms with E-state index in [0.29, 0.717) is 11.4 Å². The minimum atomic E-state index is -4.26. The molecule has 7 heteroatoms. The Morgan fingerprint density at radius 3 is 2.60 bits per heavy atom. The number of anilines is 1. The monoisotopic (exact) mass is 290 g/mol. The highest BCUT2D eigenvalue weighted by molar-refractivity contribution is 5.76. The fourth-order valence-corrected chi connectivity index (χ4v) is 1.47. The molecular weight excluding hydrogens is 273 g/mol. The molecule has 1 rings (SSSR count). The molecule has 0 bridgehead atoms. The van der Waals surface area contributed by atoms with Crippen LogP contribution in [0.4, 0.5) is 18.9 Å². The maximum Gasteiger partial charge on any atom is 0.390 e. The summed E-state index contributed by atoms with van der Waals surface area (Å²) in [5.41, 5.74) is 6.10. The third-order valence-corrected chi connectivity index (χ3v) is 2.65. The van der Waals surface area contributed by atoms with Crippen molar-refractivity contribution in [2.24, 2.45) is 0 Å². The van der Waals surface area contributed by atoms with E-state index in [-0.39, 0.29) is 19.6 Å². The van der Waals surface area contributed by atoms with Gasteiger partial charge < -0.3 is 15.4 Å². The number of amides is 1. The van der Waals surface area contributed by atoms with Crippen LogP contribution in [0.2, 0.25) is 0 Å². The summed E-state index contributed by atoms with van der Waals surface area (Å²) in [5, 5.41) is 0. The first kappa shape index (κ1) is 16.1. The number of benzene rings is 1. The molecule has 0 aliphatic heterocycles. The Morgan fingerprint density at radius 1 is 1.35 bits per heavy atom. The second kappa shape index (κ2) is 7.02. The van der Waals surface area contributed by atoms with Gasteiger partial charge in [0, 0.05) is 13.6 Å². The van der Waals surface area contributed by atoms with Gasteiger partial charge in [0.2, 0.25) is 5.91 Å². The van der Waals surface area contributed by atoms with Crippen LogP contribution in [0.15, 0.2) is 24.3 Å². The number of para-hydroxylation sites is 2. The SMILES string of the molecule is CN(CCC(F)(F)F)C(=O)CCOc1ccccc1N. The van der Waals surface area contributed by atoms with Gasteiger partial charge in [0.25, 0.3) is 0 Å². The van der Waals surface area contributed by atoms with Gasteiger partial charge in [0.15, 0.2) is 0 Å².